The van der Waals surface area contributed by atoms with Gasteiger partial charge in [0.25, 0.3) is 6.71 Å². The number of fused-ring (bicyclic) bond motifs is 10. The smallest absolute Gasteiger partial charge is 0.252 e. The van der Waals surface area contributed by atoms with Crippen LogP contribution < -0.4 is 26.2 Å². The zero-order chi connectivity index (χ0) is 82.7. The highest BCUT2D eigenvalue weighted by Crippen LogP contribution is 2.56. The normalized spacial score (nSPS) is 12.7. The van der Waals surface area contributed by atoms with Gasteiger partial charge in [0.1, 0.15) is 0 Å². The Morgan fingerprint density at radius 3 is 0.697 bits per heavy atom. The molecule has 0 spiro atoms. The van der Waals surface area contributed by atoms with Crippen molar-refractivity contribution in [3.63, 3.8) is 0 Å². The second-order valence-electron chi connectivity index (χ2n) is 37.5. The molecule has 0 atom stereocenters. The van der Waals surface area contributed by atoms with Crippen molar-refractivity contribution in [2.24, 2.45) is 16.2 Å². The molecule has 0 bridgehead atoms. The molecule has 2 aliphatic rings. The van der Waals surface area contributed by atoms with Gasteiger partial charge in [0.15, 0.2) is 0 Å². The van der Waals surface area contributed by atoms with E-state index in [9.17, 15) is 0 Å². The molecule has 4 nitrogen and oxygen atoms in total. The molecule has 4 heterocycles. The molecule has 17 aromatic carbocycles. The highest BCUT2D eigenvalue weighted by Gasteiger charge is 2.46. The maximum Gasteiger partial charge on any atom is 0.252 e. The van der Waals surface area contributed by atoms with E-state index in [1.807, 2.05) is 0 Å². The Hall–Kier alpha value is -14.0. The third-order valence-electron chi connectivity index (χ3n) is 24.9. The van der Waals surface area contributed by atoms with Gasteiger partial charge in [-0.3, -0.25) is 0 Å². The van der Waals surface area contributed by atoms with E-state index in [0.29, 0.717) is 0 Å². The van der Waals surface area contributed by atoms with Crippen molar-refractivity contribution in [1.29, 1.82) is 0 Å². The van der Waals surface area contributed by atoms with Crippen LogP contribution in [0.2, 0.25) is 0 Å². The Bertz CT molecular complexity index is 6490. The number of rotatable bonds is 15. The van der Waals surface area contributed by atoms with Crippen LogP contribution in [0, 0.1) is 16.2 Å². The molecule has 2 aromatic heterocycles. The standard InChI is InChI=1S/C117H97BN4/c1-115(2,3)74-77-62-94(84-42-26-14-27-43-84)113(95(63-77)85-44-28-15-29-45-85)121-108-72-92(119-104-58-50-88(80-34-18-10-19-35-80)68-98(104)99-69-89(51-59-105(99)119)81-36-20-11-21-37-81)54-56-102(108)118-103-57-55-93(120-106-60-52-90(82-38-22-12-23-39-82)70-100(106)101-71-91(53-61-107(101)120)83-40-24-13-25-41-83)73-109(103)122(111-67-79(76-117(7,8)9)66-110(121)112(111)118)114-96(86-46-30-16-31-47-86)64-78(75-116(4,5)6)65-97(114)87-48-32-17-33-49-87/h10-73H,74-76H2,1-9H3. The lowest BCUT2D eigenvalue weighted by atomic mass is 9.33. The quantitative estimate of drug-likeness (QED) is 0.0951. The van der Waals surface area contributed by atoms with E-state index in [4.69, 9.17) is 0 Å². The van der Waals surface area contributed by atoms with Crippen LogP contribution in [0.5, 0.6) is 0 Å². The fraction of sp³-hybridized carbons (Fsp3) is 0.128. The Balaban J connectivity index is 0.918. The molecule has 5 heteroatoms. The van der Waals surface area contributed by atoms with E-state index in [2.05, 4.69) is 469 Å². The molecule has 0 N–H and O–H groups in total. The first kappa shape index (κ1) is 75.5. The molecule has 588 valence electrons. The van der Waals surface area contributed by atoms with Crippen molar-refractivity contribution in [3.8, 4) is 100 Å². The molecule has 0 aliphatic carbocycles. The number of nitrogens with zero attached hydrogens (tertiary/aromatic N) is 4. The largest absolute Gasteiger partial charge is 0.310 e. The van der Waals surface area contributed by atoms with Crippen molar-refractivity contribution in [3.05, 3.63) is 405 Å². The van der Waals surface area contributed by atoms with Crippen molar-refractivity contribution < 1.29 is 0 Å². The van der Waals surface area contributed by atoms with Crippen LogP contribution in [-0.4, -0.2) is 15.8 Å². The van der Waals surface area contributed by atoms with Gasteiger partial charge < -0.3 is 18.9 Å². The lowest BCUT2D eigenvalue weighted by Crippen LogP contribution is -2.61. The van der Waals surface area contributed by atoms with Crippen molar-refractivity contribution >= 4 is 101 Å². The predicted molar refractivity (Wildman–Crippen MR) is 522 cm³/mol. The first-order valence-electron chi connectivity index (χ1n) is 43.3. The van der Waals surface area contributed by atoms with Crippen LogP contribution in [0.1, 0.15) is 79.0 Å². The second kappa shape index (κ2) is 30.1. The first-order valence-corrected chi connectivity index (χ1v) is 43.3. The van der Waals surface area contributed by atoms with Gasteiger partial charge in [0, 0.05) is 77.9 Å². The Morgan fingerprint density at radius 2 is 0.451 bits per heavy atom. The van der Waals surface area contributed by atoms with Crippen LogP contribution >= 0.6 is 0 Å². The highest BCUT2D eigenvalue weighted by molar-refractivity contribution is 7.00. The zero-order valence-corrected chi connectivity index (χ0v) is 70.9. The molecule has 0 saturated heterocycles. The fourth-order valence-electron chi connectivity index (χ4n) is 20.0. The highest BCUT2D eigenvalue weighted by atomic mass is 15.2. The van der Waals surface area contributed by atoms with E-state index in [1.54, 1.807) is 0 Å². The maximum absolute atomic E-state index is 2.77. The van der Waals surface area contributed by atoms with Crippen LogP contribution in [0.3, 0.4) is 0 Å². The minimum Gasteiger partial charge on any atom is -0.310 e. The molecule has 2 aliphatic heterocycles. The average molecular weight is 1570 g/mol. The molecule has 0 amide bonds. The molecule has 0 unspecified atom stereocenters. The van der Waals surface area contributed by atoms with Crippen molar-refractivity contribution in [1.82, 2.24) is 9.13 Å². The number of benzene rings is 17. The van der Waals surface area contributed by atoms with Gasteiger partial charge in [-0.25, -0.2) is 0 Å². The zero-order valence-electron chi connectivity index (χ0n) is 70.9. The van der Waals surface area contributed by atoms with Gasteiger partial charge in [-0.2, -0.15) is 0 Å². The van der Waals surface area contributed by atoms with Crippen LogP contribution in [0.4, 0.5) is 34.1 Å². The molecular weight excluding hydrogens is 1470 g/mol. The first-order chi connectivity index (χ1) is 59.3. The summed E-state index contributed by atoms with van der Waals surface area (Å²) in [6.45, 7) is 21.2. The Labute approximate surface area is 718 Å². The average Bonchev–Trinajstić information content (AvgIpc) is 0.772. The predicted octanol–water partition coefficient (Wildman–Crippen LogP) is 30.1. The number of aromatic nitrogens is 2. The minimum atomic E-state index is -0.287. The monoisotopic (exact) mass is 1570 g/mol. The summed E-state index contributed by atoms with van der Waals surface area (Å²) in [6.07, 6.45) is 2.56. The number of hydrogen-bond acceptors (Lipinski definition) is 2. The summed E-state index contributed by atoms with van der Waals surface area (Å²) < 4.78 is 5.12. The lowest BCUT2D eigenvalue weighted by Gasteiger charge is -2.46. The SMILES string of the molecule is CC(C)(C)Cc1cc(-c2ccccc2)c(N2c3cc(-n4c5ccc(-c6ccccc6)cc5c5cc(-c6ccccc6)ccc54)ccc3B3c4ccc(-n5c6ccc(-c7ccccc7)cc6c6cc(-c7ccccc7)ccc65)cc4N(c4c(-c5ccccc5)cc(CC(C)(C)C)cc4-c4ccccc4)c4cc(CC(C)(C)C)cc2c43)c(-c2ccccc2)c1. The van der Waals surface area contributed by atoms with E-state index >= 15 is 0 Å². The molecular formula is C117H97BN4. The summed E-state index contributed by atoms with van der Waals surface area (Å²) in [5.41, 5.74) is 39.8. The molecule has 19 aromatic rings. The van der Waals surface area contributed by atoms with Gasteiger partial charge >= 0.3 is 0 Å². The molecule has 0 fully saturated rings. The van der Waals surface area contributed by atoms with Crippen LogP contribution in [0.15, 0.2) is 388 Å². The van der Waals surface area contributed by atoms with Gasteiger partial charge in [0.05, 0.1) is 33.4 Å². The fourth-order valence-corrected chi connectivity index (χ4v) is 20.0. The van der Waals surface area contributed by atoms with Gasteiger partial charge in [-0.05, 0) is 245 Å². The van der Waals surface area contributed by atoms with E-state index in [1.165, 1.54) is 121 Å². The lowest BCUT2D eigenvalue weighted by molar-refractivity contribution is 0.411. The summed E-state index contributed by atoms with van der Waals surface area (Å²) in [5, 5.41) is 4.81. The van der Waals surface area contributed by atoms with E-state index < -0.39 is 0 Å². The Morgan fingerprint density at radius 1 is 0.213 bits per heavy atom. The molecule has 21 rings (SSSR count). The third kappa shape index (κ3) is 13.8. The van der Waals surface area contributed by atoms with Gasteiger partial charge in [-0.15, -0.1) is 0 Å². The summed E-state index contributed by atoms with van der Waals surface area (Å²) in [6, 6.07) is 148. The summed E-state index contributed by atoms with van der Waals surface area (Å²) in [4.78, 5) is 5.54. The van der Waals surface area contributed by atoms with Crippen molar-refractivity contribution in [2.45, 2.75) is 81.6 Å². The summed E-state index contributed by atoms with van der Waals surface area (Å²) >= 11 is 0. The topological polar surface area (TPSA) is 16.3 Å². The second-order valence-corrected chi connectivity index (χ2v) is 37.5. The maximum atomic E-state index is 2.77. The minimum absolute atomic E-state index is 0.0200. The third-order valence-corrected chi connectivity index (χ3v) is 24.9. The summed E-state index contributed by atoms with van der Waals surface area (Å²) in [5.74, 6) is 0. The molecule has 0 saturated carbocycles. The van der Waals surface area contributed by atoms with Crippen LogP contribution in [0.25, 0.3) is 144 Å². The molecule has 122 heavy (non-hydrogen) atoms. The van der Waals surface area contributed by atoms with Gasteiger partial charge in [-0.1, -0.05) is 341 Å². The molecule has 0 radical (unpaired) electrons. The van der Waals surface area contributed by atoms with Gasteiger partial charge in [0.2, 0.25) is 0 Å². The Kier molecular flexibility index (Phi) is 18.6. The van der Waals surface area contributed by atoms with E-state index in [-0.39, 0.29) is 23.0 Å². The number of anilines is 6. The number of hydrogen-bond donors (Lipinski definition) is 0. The summed E-state index contributed by atoms with van der Waals surface area (Å²) in [7, 11) is 0. The van der Waals surface area contributed by atoms with Crippen molar-refractivity contribution in [2.75, 3.05) is 9.80 Å². The van der Waals surface area contributed by atoms with Crippen LogP contribution in [-0.2, 0) is 19.3 Å². The van der Waals surface area contributed by atoms with E-state index in [0.717, 1.165) is 109 Å².